The zero-order valence-electron chi connectivity index (χ0n) is 6.83. The molecule has 0 aromatic carbocycles. The molecule has 0 rings (SSSR count). The second-order valence-electron chi connectivity index (χ2n) is 2.46. The van der Waals surface area contributed by atoms with E-state index in [1.807, 2.05) is 0 Å². The maximum atomic E-state index is 10.6. The van der Waals surface area contributed by atoms with Crippen molar-refractivity contribution in [3.63, 3.8) is 0 Å². The maximum absolute atomic E-state index is 10.6. The van der Waals surface area contributed by atoms with Crippen molar-refractivity contribution in [2.24, 2.45) is 5.90 Å². The van der Waals surface area contributed by atoms with E-state index in [1.54, 1.807) is 0 Å². The molecule has 7 nitrogen and oxygen atoms in total. The molecule has 13 heavy (non-hydrogen) atoms. The molecule has 0 aromatic heterocycles. The third-order valence-corrected chi connectivity index (χ3v) is 1.47. The summed E-state index contributed by atoms with van der Waals surface area (Å²) < 4.78 is 0. The summed E-state index contributed by atoms with van der Waals surface area (Å²) >= 11 is 0. The molecule has 0 aliphatic rings. The van der Waals surface area contributed by atoms with Gasteiger partial charge in [-0.2, -0.15) is 0 Å². The fraction of sp³-hybridized carbons (Fsp3) is 0.833. The highest BCUT2D eigenvalue weighted by Crippen LogP contribution is 2.01. The van der Waals surface area contributed by atoms with Crippen LogP contribution in [0.2, 0.25) is 0 Å². The van der Waals surface area contributed by atoms with Gasteiger partial charge in [0.05, 0.1) is 6.61 Å². The van der Waals surface area contributed by atoms with Crippen LogP contribution in [0.3, 0.4) is 0 Å². The van der Waals surface area contributed by atoms with Crippen molar-refractivity contribution in [2.45, 2.75) is 18.3 Å². The first-order valence-corrected chi connectivity index (χ1v) is 3.54. The second-order valence-corrected chi connectivity index (χ2v) is 2.46. The standard InChI is InChI=1S/C6H13NO6/c7-13-2-4(10)6(12)5(11)3(9)1-8/h4-6,8,10-12H,1-2,7H2/t4-,5+,6+/m0/s1. The predicted octanol–water partition coefficient (Wildman–Crippen LogP) is -3.48. The van der Waals surface area contributed by atoms with Crippen LogP contribution in [0.4, 0.5) is 0 Å². The van der Waals surface area contributed by atoms with E-state index in [9.17, 15) is 4.79 Å². The van der Waals surface area contributed by atoms with Gasteiger partial charge in [0.25, 0.3) is 0 Å². The Hall–Kier alpha value is -0.570. The van der Waals surface area contributed by atoms with Gasteiger partial charge in [-0.1, -0.05) is 0 Å². The zero-order chi connectivity index (χ0) is 10.4. The molecule has 3 atom stereocenters. The summed E-state index contributed by atoms with van der Waals surface area (Å²) in [7, 11) is 0. The quantitative estimate of drug-likeness (QED) is 0.278. The molecule has 0 aliphatic heterocycles. The van der Waals surface area contributed by atoms with Gasteiger partial charge in [0.15, 0.2) is 5.78 Å². The Bertz CT molecular complexity index is 163. The Morgan fingerprint density at radius 1 is 1.38 bits per heavy atom. The summed E-state index contributed by atoms with van der Waals surface area (Å²) in [4.78, 5) is 14.6. The van der Waals surface area contributed by atoms with E-state index in [2.05, 4.69) is 10.7 Å². The zero-order valence-corrected chi connectivity index (χ0v) is 6.83. The molecule has 0 fully saturated rings. The summed E-state index contributed by atoms with van der Waals surface area (Å²) in [5.74, 6) is 3.61. The molecule has 0 radical (unpaired) electrons. The number of hydrogen-bond donors (Lipinski definition) is 5. The minimum absolute atomic E-state index is 0.420. The van der Waals surface area contributed by atoms with E-state index in [0.717, 1.165) is 0 Å². The van der Waals surface area contributed by atoms with Gasteiger partial charge in [-0.25, -0.2) is 5.90 Å². The van der Waals surface area contributed by atoms with Crippen molar-refractivity contribution in [1.29, 1.82) is 0 Å². The van der Waals surface area contributed by atoms with Crippen molar-refractivity contribution in [1.82, 2.24) is 0 Å². The Labute approximate surface area is 74.3 Å². The first kappa shape index (κ1) is 12.4. The topological polar surface area (TPSA) is 133 Å². The molecule has 0 bridgehead atoms. The highest BCUT2D eigenvalue weighted by molar-refractivity contribution is 5.84. The monoisotopic (exact) mass is 195 g/mol. The van der Waals surface area contributed by atoms with Crippen LogP contribution in [-0.4, -0.2) is 57.7 Å². The van der Waals surface area contributed by atoms with Crippen LogP contribution in [0, 0.1) is 0 Å². The van der Waals surface area contributed by atoms with Crippen LogP contribution >= 0.6 is 0 Å². The largest absolute Gasteiger partial charge is 0.388 e. The first-order chi connectivity index (χ1) is 6.04. The Kier molecular flexibility index (Phi) is 5.71. The van der Waals surface area contributed by atoms with E-state index in [4.69, 9.17) is 20.4 Å². The summed E-state index contributed by atoms with van der Waals surface area (Å²) in [6.45, 7) is -1.33. The average molecular weight is 195 g/mol. The molecule has 0 spiro atoms. The average Bonchev–Trinajstić information content (AvgIpc) is 2.14. The number of rotatable bonds is 6. The molecule has 7 heteroatoms. The minimum atomic E-state index is -1.84. The fourth-order valence-electron chi connectivity index (χ4n) is 0.692. The summed E-state index contributed by atoms with van der Waals surface area (Å²) in [5.41, 5.74) is 0. The lowest BCUT2D eigenvalue weighted by atomic mass is 10.1. The molecule has 0 aromatic rings. The van der Waals surface area contributed by atoms with Crippen molar-refractivity contribution in [3.05, 3.63) is 0 Å². The smallest absolute Gasteiger partial charge is 0.189 e. The number of aliphatic hydroxyl groups is 4. The van der Waals surface area contributed by atoms with Crippen LogP contribution in [0.25, 0.3) is 0 Å². The number of aliphatic hydroxyl groups excluding tert-OH is 4. The van der Waals surface area contributed by atoms with Gasteiger partial charge < -0.3 is 25.3 Å². The Morgan fingerprint density at radius 2 is 1.92 bits per heavy atom. The number of ketones is 1. The van der Waals surface area contributed by atoms with Crippen molar-refractivity contribution < 1.29 is 30.1 Å². The number of carbonyl (C=O) groups excluding carboxylic acids is 1. The van der Waals surface area contributed by atoms with Crippen molar-refractivity contribution in [2.75, 3.05) is 13.2 Å². The van der Waals surface area contributed by atoms with E-state index in [-0.39, 0.29) is 0 Å². The molecule has 6 N–H and O–H groups in total. The first-order valence-electron chi connectivity index (χ1n) is 3.54. The maximum Gasteiger partial charge on any atom is 0.189 e. The van der Waals surface area contributed by atoms with E-state index < -0.39 is 37.3 Å². The number of nitrogens with two attached hydrogens (primary N) is 1. The predicted molar refractivity (Wildman–Crippen MR) is 40.3 cm³/mol. The molecule has 0 amide bonds. The van der Waals surface area contributed by atoms with Gasteiger partial charge in [0, 0.05) is 0 Å². The lowest BCUT2D eigenvalue weighted by Crippen LogP contribution is -2.45. The Morgan fingerprint density at radius 3 is 2.31 bits per heavy atom. The molecular formula is C6H13NO6. The SMILES string of the molecule is NOC[C@H](O)[C@@H](O)[C@H](O)C(=O)CO. The third kappa shape index (κ3) is 3.77. The number of hydrogen-bond acceptors (Lipinski definition) is 7. The van der Waals surface area contributed by atoms with Crippen LogP contribution in [0.15, 0.2) is 0 Å². The number of carbonyl (C=O) groups is 1. The van der Waals surface area contributed by atoms with Gasteiger partial charge in [-0.15, -0.1) is 0 Å². The van der Waals surface area contributed by atoms with E-state index in [0.29, 0.717) is 0 Å². The minimum Gasteiger partial charge on any atom is -0.388 e. The lowest BCUT2D eigenvalue weighted by molar-refractivity contribution is -0.144. The van der Waals surface area contributed by atoms with Crippen molar-refractivity contribution >= 4 is 5.78 Å². The summed E-state index contributed by atoms with van der Waals surface area (Å²) in [5, 5.41) is 35.3. The number of Topliss-reactive ketones (excluding diaryl/α,β-unsaturated/α-hetero) is 1. The highest BCUT2D eigenvalue weighted by Gasteiger charge is 2.29. The van der Waals surface area contributed by atoms with Gasteiger partial charge in [-0.05, 0) is 0 Å². The third-order valence-electron chi connectivity index (χ3n) is 1.47. The summed E-state index contributed by atoms with van der Waals surface area (Å²) in [6, 6.07) is 0. The van der Waals surface area contributed by atoms with Crippen LogP contribution in [0.5, 0.6) is 0 Å². The van der Waals surface area contributed by atoms with Gasteiger partial charge in [-0.3, -0.25) is 4.79 Å². The lowest BCUT2D eigenvalue weighted by Gasteiger charge is -2.20. The molecule has 0 heterocycles. The van der Waals surface area contributed by atoms with Gasteiger partial charge >= 0.3 is 0 Å². The molecule has 0 saturated heterocycles. The van der Waals surface area contributed by atoms with Crippen molar-refractivity contribution in [3.8, 4) is 0 Å². The molecular weight excluding hydrogens is 182 g/mol. The highest BCUT2D eigenvalue weighted by atomic mass is 16.6. The molecule has 0 unspecified atom stereocenters. The second kappa shape index (κ2) is 5.97. The molecule has 78 valence electrons. The van der Waals surface area contributed by atoms with E-state index >= 15 is 0 Å². The van der Waals surface area contributed by atoms with Gasteiger partial charge in [0.1, 0.15) is 24.9 Å². The van der Waals surface area contributed by atoms with Crippen LogP contribution in [0.1, 0.15) is 0 Å². The molecule has 0 aliphatic carbocycles. The van der Waals surface area contributed by atoms with Crippen LogP contribution in [-0.2, 0) is 9.63 Å². The van der Waals surface area contributed by atoms with E-state index in [1.165, 1.54) is 0 Å². The molecule has 0 saturated carbocycles. The summed E-state index contributed by atoms with van der Waals surface area (Å²) in [6.07, 6.45) is -5.03. The normalized spacial score (nSPS) is 17.9. The Balaban J connectivity index is 4.07. The van der Waals surface area contributed by atoms with Crippen LogP contribution < -0.4 is 5.90 Å². The fourth-order valence-corrected chi connectivity index (χ4v) is 0.692. The van der Waals surface area contributed by atoms with Gasteiger partial charge in [0.2, 0.25) is 0 Å².